The highest BCUT2D eigenvalue weighted by Crippen LogP contribution is 2.39. The van der Waals surface area contributed by atoms with Gasteiger partial charge in [0.1, 0.15) is 11.0 Å². The van der Waals surface area contributed by atoms with Gasteiger partial charge in [-0.05, 0) is 39.3 Å². The number of hydrogen-bond acceptors (Lipinski definition) is 2. The van der Waals surface area contributed by atoms with Crippen LogP contribution in [0.2, 0.25) is 0 Å². The van der Waals surface area contributed by atoms with Gasteiger partial charge in [-0.1, -0.05) is 24.1 Å². The maximum atomic E-state index is 12.7. The third-order valence-electron chi connectivity index (χ3n) is 4.84. The summed E-state index contributed by atoms with van der Waals surface area (Å²) < 4.78 is 14.9. The van der Waals surface area contributed by atoms with Gasteiger partial charge >= 0.3 is 0 Å². The molecule has 4 atom stereocenters. The summed E-state index contributed by atoms with van der Waals surface area (Å²) in [7, 11) is -0.844. The Hall–Kier alpha value is -0.610. The second-order valence-electron chi connectivity index (χ2n) is 6.27. The summed E-state index contributed by atoms with van der Waals surface area (Å²) in [4.78, 5) is 0. The molecule has 1 fully saturated rings. The fraction of sp³-hybridized carbons (Fsp3) is 0.733. The normalized spacial score (nSPS) is 40.4. The van der Waals surface area contributed by atoms with Crippen molar-refractivity contribution in [3.63, 3.8) is 0 Å². The van der Waals surface area contributed by atoms with E-state index in [2.05, 4.69) is 41.8 Å². The standard InChI is InChI=1S/C15H24N2OS/c1-12-11-16-15(2)7-6-13(10-14(12)15)19(18)17-8-4-3-5-9-17/h6-7,11,13-14,16H,3-5,8-10H2,1-2H3/t13?,14?,15-,19?/m0/s1. The minimum atomic E-state index is -0.844. The molecule has 1 saturated heterocycles. The van der Waals surface area contributed by atoms with E-state index in [-0.39, 0.29) is 10.8 Å². The van der Waals surface area contributed by atoms with Crippen molar-refractivity contribution in [2.24, 2.45) is 5.92 Å². The fourth-order valence-electron chi connectivity index (χ4n) is 3.54. The first-order valence-corrected chi connectivity index (χ1v) is 8.56. The molecule has 0 amide bonds. The van der Waals surface area contributed by atoms with Crippen LogP contribution >= 0.6 is 0 Å². The maximum Gasteiger partial charge on any atom is 0.101 e. The molecule has 1 aliphatic carbocycles. The zero-order valence-corrected chi connectivity index (χ0v) is 12.7. The lowest BCUT2D eigenvalue weighted by Gasteiger charge is -2.38. The summed E-state index contributed by atoms with van der Waals surface area (Å²) in [6.07, 6.45) is 11.2. The van der Waals surface area contributed by atoms with Crippen LogP contribution in [0, 0.1) is 5.92 Å². The first-order valence-electron chi connectivity index (χ1n) is 7.39. The third kappa shape index (κ3) is 2.40. The molecular formula is C15H24N2OS. The van der Waals surface area contributed by atoms with Crippen molar-refractivity contribution in [1.29, 1.82) is 0 Å². The van der Waals surface area contributed by atoms with Crippen LogP contribution in [0.15, 0.2) is 23.9 Å². The Morgan fingerprint density at radius 1 is 1.37 bits per heavy atom. The average Bonchev–Trinajstić information content (AvgIpc) is 2.74. The van der Waals surface area contributed by atoms with Crippen LogP contribution in [-0.2, 0) is 11.0 Å². The van der Waals surface area contributed by atoms with Gasteiger partial charge in [0.05, 0.1) is 10.8 Å². The van der Waals surface area contributed by atoms with Gasteiger partial charge in [-0.15, -0.1) is 0 Å². The zero-order valence-electron chi connectivity index (χ0n) is 11.9. The van der Waals surface area contributed by atoms with Crippen LogP contribution in [0.4, 0.5) is 0 Å². The van der Waals surface area contributed by atoms with E-state index in [4.69, 9.17) is 0 Å². The Bertz CT molecular complexity index is 439. The quantitative estimate of drug-likeness (QED) is 0.788. The molecule has 4 heteroatoms. The molecule has 2 heterocycles. The van der Waals surface area contributed by atoms with E-state index in [0.717, 1.165) is 19.5 Å². The Labute approximate surface area is 118 Å². The molecule has 19 heavy (non-hydrogen) atoms. The molecular weight excluding hydrogens is 256 g/mol. The van der Waals surface area contributed by atoms with Crippen LogP contribution in [0.3, 0.4) is 0 Å². The summed E-state index contributed by atoms with van der Waals surface area (Å²) in [5, 5.41) is 3.66. The number of fused-ring (bicyclic) bond motifs is 1. The van der Waals surface area contributed by atoms with E-state index >= 15 is 0 Å². The summed E-state index contributed by atoms with van der Waals surface area (Å²) >= 11 is 0. The predicted molar refractivity (Wildman–Crippen MR) is 79.9 cm³/mol. The van der Waals surface area contributed by atoms with E-state index in [1.54, 1.807) is 0 Å². The first-order chi connectivity index (χ1) is 9.10. The molecule has 3 nitrogen and oxygen atoms in total. The number of hydrogen-bond donors (Lipinski definition) is 1. The monoisotopic (exact) mass is 280 g/mol. The second-order valence-corrected chi connectivity index (χ2v) is 7.94. The SMILES string of the molecule is CC1=CN[C@@]2(C)C=CC(S(=O)N3CCCCC3)CC12. The molecule has 0 spiro atoms. The lowest BCUT2D eigenvalue weighted by Crippen LogP contribution is -2.46. The number of rotatable bonds is 2. The predicted octanol–water partition coefficient (Wildman–Crippen LogP) is 2.35. The molecule has 0 aromatic carbocycles. The van der Waals surface area contributed by atoms with Crippen molar-refractivity contribution < 1.29 is 4.21 Å². The molecule has 3 rings (SSSR count). The Morgan fingerprint density at radius 3 is 2.84 bits per heavy atom. The Kier molecular flexibility index (Phi) is 3.56. The maximum absolute atomic E-state index is 12.7. The van der Waals surface area contributed by atoms with Gasteiger partial charge < -0.3 is 5.32 Å². The van der Waals surface area contributed by atoms with Crippen molar-refractivity contribution >= 4 is 11.0 Å². The lowest BCUT2D eigenvalue weighted by molar-refractivity contribution is 0.343. The molecule has 0 bridgehead atoms. The van der Waals surface area contributed by atoms with E-state index in [1.807, 2.05) is 0 Å². The minimum absolute atomic E-state index is 0.0483. The van der Waals surface area contributed by atoms with Crippen LogP contribution in [-0.4, -0.2) is 32.4 Å². The molecule has 0 saturated carbocycles. The molecule has 0 aromatic heterocycles. The van der Waals surface area contributed by atoms with Gasteiger partial charge in [-0.2, -0.15) is 0 Å². The largest absolute Gasteiger partial charge is 0.382 e. The number of piperidine rings is 1. The molecule has 0 radical (unpaired) electrons. The molecule has 1 N–H and O–H groups in total. The zero-order chi connectivity index (χ0) is 13.5. The molecule has 106 valence electrons. The van der Waals surface area contributed by atoms with Gasteiger partial charge in [-0.25, -0.2) is 8.51 Å². The summed E-state index contributed by atoms with van der Waals surface area (Å²) in [5.74, 6) is 0.497. The second kappa shape index (κ2) is 5.06. The van der Waals surface area contributed by atoms with Crippen LogP contribution in [0.25, 0.3) is 0 Å². The highest BCUT2D eigenvalue weighted by molar-refractivity contribution is 7.83. The van der Waals surface area contributed by atoms with Crippen LogP contribution < -0.4 is 5.32 Å². The Morgan fingerprint density at radius 2 is 2.11 bits per heavy atom. The fourth-order valence-corrected chi connectivity index (χ4v) is 5.11. The van der Waals surface area contributed by atoms with Gasteiger partial charge in [-0.3, -0.25) is 0 Å². The van der Waals surface area contributed by atoms with E-state index in [0.29, 0.717) is 5.92 Å². The lowest BCUT2D eigenvalue weighted by atomic mass is 9.77. The van der Waals surface area contributed by atoms with Crippen LogP contribution in [0.1, 0.15) is 39.5 Å². The van der Waals surface area contributed by atoms with Crippen molar-refractivity contribution in [3.05, 3.63) is 23.9 Å². The number of nitrogens with zero attached hydrogens (tertiary/aromatic N) is 1. The van der Waals surface area contributed by atoms with Crippen molar-refractivity contribution in [2.45, 2.75) is 50.3 Å². The minimum Gasteiger partial charge on any atom is -0.382 e. The van der Waals surface area contributed by atoms with Crippen molar-refractivity contribution in [1.82, 2.24) is 9.62 Å². The van der Waals surface area contributed by atoms with Gasteiger partial charge in [0.15, 0.2) is 0 Å². The molecule has 2 aliphatic heterocycles. The smallest absolute Gasteiger partial charge is 0.101 e. The molecule has 3 aliphatic rings. The average molecular weight is 280 g/mol. The van der Waals surface area contributed by atoms with Crippen molar-refractivity contribution in [2.75, 3.05) is 13.1 Å². The highest BCUT2D eigenvalue weighted by Gasteiger charge is 2.42. The Balaban J connectivity index is 1.73. The van der Waals surface area contributed by atoms with Gasteiger partial charge in [0.2, 0.25) is 0 Å². The van der Waals surface area contributed by atoms with Crippen molar-refractivity contribution in [3.8, 4) is 0 Å². The van der Waals surface area contributed by atoms with Crippen LogP contribution in [0.5, 0.6) is 0 Å². The summed E-state index contributed by atoms with van der Waals surface area (Å²) in [6.45, 7) is 6.43. The van der Waals surface area contributed by atoms with Gasteiger partial charge in [0, 0.05) is 19.0 Å². The van der Waals surface area contributed by atoms with E-state index < -0.39 is 11.0 Å². The van der Waals surface area contributed by atoms with E-state index in [1.165, 1.54) is 24.8 Å². The first kappa shape index (κ1) is 13.4. The topological polar surface area (TPSA) is 32.3 Å². The third-order valence-corrected chi connectivity index (χ3v) is 6.58. The summed E-state index contributed by atoms with van der Waals surface area (Å²) in [5.41, 5.74) is 1.44. The highest BCUT2D eigenvalue weighted by atomic mass is 32.2. The molecule has 3 unspecified atom stereocenters. The van der Waals surface area contributed by atoms with Gasteiger partial charge in [0.25, 0.3) is 0 Å². The van der Waals surface area contributed by atoms with E-state index in [9.17, 15) is 4.21 Å². The number of nitrogens with one attached hydrogen (secondary N) is 1. The molecule has 0 aromatic rings. The summed E-state index contributed by atoms with van der Waals surface area (Å²) in [6, 6.07) is 0.